The van der Waals surface area contributed by atoms with Gasteiger partial charge in [0.25, 0.3) is 0 Å². The van der Waals surface area contributed by atoms with E-state index >= 15 is 0 Å². The van der Waals surface area contributed by atoms with Crippen molar-refractivity contribution < 1.29 is 0 Å². The summed E-state index contributed by atoms with van der Waals surface area (Å²) < 4.78 is 2.23. The molecule has 0 saturated heterocycles. The van der Waals surface area contributed by atoms with E-state index in [4.69, 9.17) is 11.6 Å². The third-order valence-electron chi connectivity index (χ3n) is 3.28. The van der Waals surface area contributed by atoms with E-state index in [-0.39, 0.29) is 6.04 Å². The van der Waals surface area contributed by atoms with Gasteiger partial charge in [0, 0.05) is 36.5 Å². The number of nitrogens with zero attached hydrogens (tertiary/aromatic N) is 1. The van der Waals surface area contributed by atoms with Crippen LogP contribution in [0.2, 0.25) is 5.02 Å². The van der Waals surface area contributed by atoms with Gasteiger partial charge in [-0.25, -0.2) is 0 Å². The van der Waals surface area contributed by atoms with Gasteiger partial charge in [0.15, 0.2) is 0 Å². The Morgan fingerprint density at radius 3 is 2.79 bits per heavy atom. The van der Waals surface area contributed by atoms with Crippen LogP contribution in [-0.2, 0) is 13.1 Å². The molecule has 1 unspecified atom stereocenters. The van der Waals surface area contributed by atoms with Crippen LogP contribution in [0.4, 0.5) is 0 Å². The van der Waals surface area contributed by atoms with Crippen LogP contribution >= 0.6 is 11.6 Å². The molecule has 1 N–H and O–H groups in total. The maximum absolute atomic E-state index is 6.20. The third-order valence-corrected chi connectivity index (χ3v) is 3.62. The van der Waals surface area contributed by atoms with Crippen LogP contribution in [0.5, 0.6) is 0 Å². The Morgan fingerprint density at radius 2 is 2.05 bits per heavy atom. The molecule has 0 saturated carbocycles. The average Bonchev–Trinajstić information content (AvgIpc) is 2.85. The molecule has 1 aromatic carbocycles. The zero-order valence-corrected chi connectivity index (χ0v) is 12.3. The standard InChI is InChI=1S/C16H21ClN2/c1-3-9-19-10-8-14(12-19)11-18-13(2)15-6-4-5-7-16(15)17/h4-8,10,12-13,18H,3,9,11H2,1-2H3. The van der Waals surface area contributed by atoms with Crippen LogP contribution in [0.3, 0.4) is 0 Å². The molecule has 3 heteroatoms. The fourth-order valence-electron chi connectivity index (χ4n) is 2.20. The Hall–Kier alpha value is -1.25. The van der Waals surface area contributed by atoms with Crippen molar-refractivity contribution in [3.63, 3.8) is 0 Å². The summed E-state index contributed by atoms with van der Waals surface area (Å²) in [5.74, 6) is 0. The Labute approximate surface area is 120 Å². The Morgan fingerprint density at radius 1 is 1.26 bits per heavy atom. The van der Waals surface area contributed by atoms with Gasteiger partial charge in [0.2, 0.25) is 0 Å². The van der Waals surface area contributed by atoms with E-state index < -0.39 is 0 Å². The molecule has 2 nitrogen and oxygen atoms in total. The topological polar surface area (TPSA) is 17.0 Å². The predicted octanol–water partition coefficient (Wildman–Crippen LogP) is 4.40. The van der Waals surface area contributed by atoms with E-state index in [1.54, 1.807) is 0 Å². The molecule has 2 rings (SSSR count). The Balaban J connectivity index is 1.92. The molecule has 1 heterocycles. The van der Waals surface area contributed by atoms with Crippen molar-refractivity contribution in [3.8, 4) is 0 Å². The van der Waals surface area contributed by atoms with Crippen LogP contribution in [-0.4, -0.2) is 4.57 Å². The van der Waals surface area contributed by atoms with E-state index in [2.05, 4.69) is 48.3 Å². The lowest BCUT2D eigenvalue weighted by atomic mass is 10.1. The average molecular weight is 277 g/mol. The Kier molecular flexibility index (Phi) is 5.06. The van der Waals surface area contributed by atoms with Gasteiger partial charge in [-0.15, -0.1) is 0 Å². The molecule has 1 atom stereocenters. The summed E-state index contributed by atoms with van der Waals surface area (Å²) in [7, 11) is 0. The molecular formula is C16H21ClN2. The highest BCUT2D eigenvalue weighted by atomic mass is 35.5. The zero-order chi connectivity index (χ0) is 13.7. The van der Waals surface area contributed by atoms with Gasteiger partial charge in [-0.1, -0.05) is 36.7 Å². The highest BCUT2D eigenvalue weighted by Crippen LogP contribution is 2.22. The van der Waals surface area contributed by atoms with Crippen LogP contribution < -0.4 is 5.32 Å². The van der Waals surface area contributed by atoms with Gasteiger partial charge < -0.3 is 9.88 Å². The first-order valence-electron chi connectivity index (χ1n) is 6.83. The SMILES string of the molecule is CCCn1ccc(CNC(C)c2ccccc2Cl)c1. The van der Waals surface area contributed by atoms with Crippen LogP contribution in [0.25, 0.3) is 0 Å². The molecular weight excluding hydrogens is 256 g/mol. The molecule has 0 spiro atoms. The lowest BCUT2D eigenvalue weighted by Crippen LogP contribution is -2.18. The quantitative estimate of drug-likeness (QED) is 0.827. The number of nitrogens with one attached hydrogen (secondary N) is 1. The van der Waals surface area contributed by atoms with Crippen molar-refractivity contribution in [1.82, 2.24) is 9.88 Å². The predicted molar refractivity (Wildman–Crippen MR) is 81.4 cm³/mol. The second kappa shape index (κ2) is 6.78. The number of rotatable bonds is 6. The normalized spacial score (nSPS) is 12.6. The van der Waals surface area contributed by atoms with Gasteiger partial charge in [-0.3, -0.25) is 0 Å². The van der Waals surface area contributed by atoms with Gasteiger partial charge in [0.05, 0.1) is 0 Å². The van der Waals surface area contributed by atoms with Crippen molar-refractivity contribution >= 4 is 11.6 Å². The number of benzene rings is 1. The molecule has 102 valence electrons. The minimum atomic E-state index is 0.253. The van der Waals surface area contributed by atoms with Gasteiger partial charge in [-0.05, 0) is 36.6 Å². The summed E-state index contributed by atoms with van der Waals surface area (Å²) in [6.45, 7) is 6.28. The molecule has 0 aliphatic carbocycles. The molecule has 0 aliphatic rings. The third kappa shape index (κ3) is 3.85. The van der Waals surface area contributed by atoms with Crippen molar-refractivity contribution in [1.29, 1.82) is 0 Å². The second-order valence-electron chi connectivity index (χ2n) is 4.88. The molecule has 0 amide bonds. The summed E-state index contributed by atoms with van der Waals surface area (Å²) in [5.41, 5.74) is 2.46. The van der Waals surface area contributed by atoms with Gasteiger partial charge in [-0.2, -0.15) is 0 Å². The van der Waals surface area contributed by atoms with E-state index in [0.717, 1.165) is 30.1 Å². The molecule has 1 aromatic heterocycles. The monoisotopic (exact) mass is 276 g/mol. The number of hydrogen-bond donors (Lipinski definition) is 1. The number of aromatic nitrogens is 1. The molecule has 19 heavy (non-hydrogen) atoms. The summed E-state index contributed by atoms with van der Waals surface area (Å²) in [6.07, 6.45) is 5.51. The molecule has 0 radical (unpaired) electrons. The minimum Gasteiger partial charge on any atom is -0.354 e. The first kappa shape index (κ1) is 14.2. The first-order chi connectivity index (χ1) is 9.20. The summed E-state index contributed by atoms with van der Waals surface area (Å²) in [6, 6.07) is 10.4. The van der Waals surface area contributed by atoms with Crippen molar-refractivity contribution in [2.75, 3.05) is 0 Å². The second-order valence-corrected chi connectivity index (χ2v) is 5.29. The lowest BCUT2D eigenvalue weighted by molar-refractivity contribution is 0.573. The van der Waals surface area contributed by atoms with E-state index in [0.29, 0.717) is 0 Å². The summed E-state index contributed by atoms with van der Waals surface area (Å²) >= 11 is 6.20. The summed E-state index contributed by atoms with van der Waals surface area (Å²) in [5, 5.41) is 4.34. The highest BCUT2D eigenvalue weighted by molar-refractivity contribution is 6.31. The smallest absolute Gasteiger partial charge is 0.0453 e. The van der Waals surface area contributed by atoms with Crippen LogP contribution in [0.15, 0.2) is 42.7 Å². The minimum absolute atomic E-state index is 0.253. The Bertz CT molecular complexity index is 519. The molecule has 0 bridgehead atoms. The van der Waals surface area contributed by atoms with Crippen LogP contribution in [0.1, 0.15) is 37.4 Å². The maximum atomic E-state index is 6.20. The molecule has 0 aliphatic heterocycles. The van der Waals surface area contributed by atoms with Crippen molar-refractivity contribution in [3.05, 3.63) is 58.9 Å². The van der Waals surface area contributed by atoms with Gasteiger partial charge in [0.1, 0.15) is 0 Å². The molecule has 0 fully saturated rings. The van der Waals surface area contributed by atoms with E-state index in [9.17, 15) is 0 Å². The van der Waals surface area contributed by atoms with Gasteiger partial charge >= 0.3 is 0 Å². The lowest BCUT2D eigenvalue weighted by Gasteiger charge is -2.15. The fraction of sp³-hybridized carbons (Fsp3) is 0.375. The number of halogens is 1. The largest absolute Gasteiger partial charge is 0.354 e. The fourth-order valence-corrected chi connectivity index (χ4v) is 2.50. The van der Waals surface area contributed by atoms with E-state index in [1.807, 2.05) is 18.2 Å². The summed E-state index contributed by atoms with van der Waals surface area (Å²) in [4.78, 5) is 0. The highest BCUT2D eigenvalue weighted by Gasteiger charge is 2.08. The zero-order valence-electron chi connectivity index (χ0n) is 11.6. The van der Waals surface area contributed by atoms with E-state index in [1.165, 1.54) is 5.56 Å². The maximum Gasteiger partial charge on any atom is 0.0453 e. The number of hydrogen-bond acceptors (Lipinski definition) is 1. The van der Waals surface area contributed by atoms with Crippen molar-refractivity contribution in [2.45, 2.75) is 39.4 Å². The molecule has 2 aromatic rings. The van der Waals surface area contributed by atoms with Crippen LogP contribution in [0, 0.1) is 0 Å². The first-order valence-corrected chi connectivity index (χ1v) is 7.21. The number of aryl methyl sites for hydroxylation is 1. The van der Waals surface area contributed by atoms with Crippen molar-refractivity contribution in [2.24, 2.45) is 0 Å².